The molecule has 0 bridgehead atoms. The lowest BCUT2D eigenvalue weighted by atomic mass is 9.95. The number of rotatable bonds is 6. The van der Waals surface area contributed by atoms with Crippen LogP contribution >= 0.6 is 0 Å². The van der Waals surface area contributed by atoms with Crippen LogP contribution in [0.4, 0.5) is 0 Å². The van der Waals surface area contributed by atoms with Gasteiger partial charge >= 0.3 is 0 Å². The number of hydrogen-bond acceptors (Lipinski definition) is 3. The van der Waals surface area contributed by atoms with Crippen molar-refractivity contribution in [1.29, 1.82) is 0 Å². The van der Waals surface area contributed by atoms with E-state index in [9.17, 15) is 8.42 Å². The molecule has 0 aromatic carbocycles. The van der Waals surface area contributed by atoms with Crippen molar-refractivity contribution in [2.75, 3.05) is 19.6 Å². The van der Waals surface area contributed by atoms with E-state index >= 15 is 0 Å². The van der Waals surface area contributed by atoms with Crippen molar-refractivity contribution in [1.82, 2.24) is 9.03 Å². The largest absolute Gasteiger partial charge is 0.329 e. The molecule has 0 aromatic rings. The van der Waals surface area contributed by atoms with Crippen molar-refractivity contribution in [2.24, 2.45) is 11.7 Å². The first-order valence-electron chi connectivity index (χ1n) is 6.88. The molecule has 1 unspecified atom stereocenters. The van der Waals surface area contributed by atoms with E-state index in [0.29, 0.717) is 38.4 Å². The van der Waals surface area contributed by atoms with Crippen LogP contribution in [0.5, 0.6) is 0 Å². The minimum Gasteiger partial charge on any atom is -0.329 e. The Labute approximate surface area is 111 Å². The van der Waals surface area contributed by atoms with Gasteiger partial charge in [-0.25, -0.2) is 0 Å². The molecule has 1 rings (SSSR count). The normalized spacial score (nSPS) is 23.2. The van der Waals surface area contributed by atoms with E-state index in [1.165, 1.54) is 0 Å². The van der Waals surface area contributed by atoms with Crippen molar-refractivity contribution in [3.05, 3.63) is 0 Å². The SMILES string of the molecule is CCC(CC)(CN)NS(=O)(=O)N1CCCC(C)C1. The molecule has 0 saturated carbocycles. The van der Waals surface area contributed by atoms with E-state index in [-0.39, 0.29) is 0 Å². The van der Waals surface area contributed by atoms with Crippen LogP contribution in [0.2, 0.25) is 0 Å². The quantitative estimate of drug-likeness (QED) is 0.762. The molecular formula is C12H27N3O2S. The number of nitrogens with two attached hydrogens (primary N) is 1. The van der Waals surface area contributed by atoms with Crippen LogP contribution in [-0.4, -0.2) is 37.9 Å². The average Bonchev–Trinajstić information content (AvgIpc) is 2.36. The van der Waals surface area contributed by atoms with E-state index in [4.69, 9.17) is 5.73 Å². The Morgan fingerprint density at radius 3 is 2.44 bits per heavy atom. The van der Waals surface area contributed by atoms with E-state index in [1.54, 1.807) is 4.31 Å². The summed E-state index contributed by atoms with van der Waals surface area (Å²) < 4.78 is 29.2. The molecule has 18 heavy (non-hydrogen) atoms. The summed E-state index contributed by atoms with van der Waals surface area (Å²) in [6.07, 6.45) is 3.47. The maximum atomic E-state index is 12.4. The topological polar surface area (TPSA) is 75.4 Å². The molecule has 0 aliphatic carbocycles. The summed E-state index contributed by atoms with van der Waals surface area (Å²) >= 11 is 0. The Kier molecular flexibility index (Phi) is 5.58. The highest BCUT2D eigenvalue weighted by Crippen LogP contribution is 2.21. The first-order chi connectivity index (χ1) is 8.39. The van der Waals surface area contributed by atoms with Gasteiger partial charge in [-0.15, -0.1) is 0 Å². The molecule has 1 aliphatic rings. The fraction of sp³-hybridized carbons (Fsp3) is 1.00. The molecule has 0 spiro atoms. The number of hydrogen-bond donors (Lipinski definition) is 2. The van der Waals surface area contributed by atoms with Crippen molar-refractivity contribution in [3.8, 4) is 0 Å². The lowest BCUT2D eigenvalue weighted by Crippen LogP contribution is -2.57. The van der Waals surface area contributed by atoms with Crippen LogP contribution in [0.3, 0.4) is 0 Å². The monoisotopic (exact) mass is 277 g/mol. The maximum absolute atomic E-state index is 12.4. The van der Waals surface area contributed by atoms with Gasteiger partial charge < -0.3 is 5.73 Å². The van der Waals surface area contributed by atoms with E-state index < -0.39 is 15.7 Å². The Hall–Kier alpha value is -0.170. The average molecular weight is 277 g/mol. The van der Waals surface area contributed by atoms with Crippen molar-refractivity contribution >= 4 is 10.2 Å². The van der Waals surface area contributed by atoms with Gasteiger partial charge in [-0.05, 0) is 31.6 Å². The molecule has 5 nitrogen and oxygen atoms in total. The highest BCUT2D eigenvalue weighted by atomic mass is 32.2. The van der Waals surface area contributed by atoms with Crippen LogP contribution in [0, 0.1) is 5.92 Å². The van der Waals surface area contributed by atoms with Gasteiger partial charge in [-0.3, -0.25) is 0 Å². The highest BCUT2D eigenvalue weighted by molar-refractivity contribution is 7.87. The fourth-order valence-electron chi connectivity index (χ4n) is 2.43. The van der Waals surface area contributed by atoms with Gasteiger partial charge in [0, 0.05) is 25.2 Å². The van der Waals surface area contributed by atoms with Gasteiger partial charge in [0.05, 0.1) is 0 Å². The standard InChI is InChI=1S/C12H27N3O2S/c1-4-12(5-2,10-13)14-18(16,17)15-8-6-7-11(3)9-15/h11,14H,4-10,13H2,1-3H3. The predicted molar refractivity (Wildman–Crippen MR) is 74.4 cm³/mol. The first-order valence-corrected chi connectivity index (χ1v) is 8.32. The Morgan fingerprint density at radius 1 is 1.39 bits per heavy atom. The van der Waals surface area contributed by atoms with Crippen LogP contribution in [0.1, 0.15) is 46.5 Å². The van der Waals surface area contributed by atoms with Gasteiger partial charge in [0.2, 0.25) is 0 Å². The molecule has 1 fully saturated rings. The second-order valence-corrected chi connectivity index (χ2v) is 7.07. The molecule has 108 valence electrons. The summed E-state index contributed by atoms with van der Waals surface area (Å²) in [7, 11) is -3.41. The molecule has 0 amide bonds. The molecule has 1 aliphatic heterocycles. The van der Waals surface area contributed by atoms with Gasteiger partial charge in [-0.2, -0.15) is 17.4 Å². The zero-order valence-electron chi connectivity index (χ0n) is 11.8. The molecule has 3 N–H and O–H groups in total. The zero-order valence-corrected chi connectivity index (χ0v) is 12.6. The minimum absolute atomic E-state index is 0.336. The molecule has 0 radical (unpaired) electrons. The smallest absolute Gasteiger partial charge is 0.280 e. The number of nitrogens with zero attached hydrogens (tertiary/aromatic N) is 1. The van der Waals surface area contributed by atoms with Gasteiger partial charge in [0.15, 0.2) is 0 Å². The van der Waals surface area contributed by atoms with Gasteiger partial charge in [0.1, 0.15) is 0 Å². The third-order valence-electron chi connectivity index (χ3n) is 4.05. The summed E-state index contributed by atoms with van der Waals surface area (Å²) in [5.41, 5.74) is 5.25. The Bertz CT molecular complexity index is 344. The van der Waals surface area contributed by atoms with Crippen molar-refractivity contribution < 1.29 is 8.42 Å². The summed E-state index contributed by atoms with van der Waals surface area (Å²) in [6, 6.07) is 0. The predicted octanol–water partition coefficient (Wildman–Crippen LogP) is 1.07. The summed E-state index contributed by atoms with van der Waals surface area (Å²) in [5, 5.41) is 0. The molecule has 6 heteroatoms. The highest BCUT2D eigenvalue weighted by Gasteiger charge is 2.34. The molecule has 1 heterocycles. The lowest BCUT2D eigenvalue weighted by Gasteiger charge is -2.36. The van der Waals surface area contributed by atoms with E-state index in [0.717, 1.165) is 12.8 Å². The van der Waals surface area contributed by atoms with Crippen LogP contribution in [0.25, 0.3) is 0 Å². The summed E-state index contributed by atoms with van der Waals surface area (Å²) in [5.74, 6) is 0.436. The second-order valence-electron chi connectivity index (χ2n) is 5.40. The number of piperidine rings is 1. The van der Waals surface area contributed by atoms with Crippen LogP contribution in [0.15, 0.2) is 0 Å². The summed E-state index contributed by atoms with van der Waals surface area (Å²) in [6.45, 7) is 7.60. The fourth-order valence-corrected chi connectivity index (χ4v) is 4.30. The zero-order chi connectivity index (χ0) is 13.8. The molecule has 0 aromatic heterocycles. The minimum atomic E-state index is -3.41. The van der Waals surface area contributed by atoms with Crippen molar-refractivity contribution in [3.63, 3.8) is 0 Å². The number of nitrogens with one attached hydrogen (secondary N) is 1. The third-order valence-corrected chi connectivity index (χ3v) is 5.75. The van der Waals surface area contributed by atoms with E-state index in [1.807, 2.05) is 13.8 Å². The van der Waals surface area contributed by atoms with Gasteiger partial charge in [-0.1, -0.05) is 20.8 Å². The van der Waals surface area contributed by atoms with E-state index in [2.05, 4.69) is 11.6 Å². The molecule has 1 atom stereocenters. The Morgan fingerprint density at radius 2 is 2.00 bits per heavy atom. The maximum Gasteiger partial charge on any atom is 0.280 e. The van der Waals surface area contributed by atoms with Crippen LogP contribution < -0.4 is 10.5 Å². The summed E-state index contributed by atoms with van der Waals surface area (Å²) in [4.78, 5) is 0. The second kappa shape index (κ2) is 6.32. The lowest BCUT2D eigenvalue weighted by molar-refractivity contribution is 0.267. The first kappa shape index (κ1) is 15.9. The van der Waals surface area contributed by atoms with Crippen molar-refractivity contribution in [2.45, 2.75) is 52.0 Å². The molecular weight excluding hydrogens is 250 g/mol. The van der Waals surface area contributed by atoms with Crippen LogP contribution in [-0.2, 0) is 10.2 Å². The third kappa shape index (κ3) is 3.66. The Balaban J connectivity index is 2.80. The van der Waals surface area contributed by atoms with Gasteiger partial charge in [0.25, 0.3) is 10.2 Å². The molecule has 1 saturated heterocycles.